The second-order valence-corrected chi connectivity index (χ2v) is 2.92. The van der Waals surface area contributed by atoms with Crippen molar-refractivity contribution in [1.82, 2.24) is 0 Å². The van der Waals surface area contributed by atoms with Crippen LogP contribution in [0.25, 0.3) is 0 Å². The summed E-state index contributed by atoms with van der Waals surface area (Å²) in [6.07, 6.45) is 7.59. The average Bonchev–Trinajstić information content (AvgIpc) is 1.99. The SMILES string of the molecule is CCCCCCC(C)N=C=O. The van der Waals surface area contributed by atoms with Crippen molar-refractivity contribution in [2.45, 2.75) is 52.0 Å². The van der Waals surface area contributed by atoms with Gasteiger partial charge in [0.25, 0.3) is 0 Å². The fourth-order valence-corrected chi connectivity index (χ4v) is 1.02. The Morgan fingerprint density at radius 3 is 2.64 bits per heavy atom. The van der Waals surface area contributed by atoms with Crippen LogP contribution in [-0.4, -0.2) is 12.1 Å². The van der Waals surface area contributed by atoms with Gasteiger partial charge in [0, 0.05) is 0 Å². The van der Waals surface area contributed by atoms with E-state index in [4.69, 9.17) is 0 Å². The first-order valence-corrected chi connectivity index (χ1v) is 4.38. The number of hydrogen-bond acceptors (Lipinski definition) is 2. The van der Waals surface area contributed by atoms with Crippen molar-refractivity contribution in [3.8, 4) is 0 Å². The zero-order chi connectivity index (χ0) is 8.53. The summed E-state index contributed by atoms with van der Waals surface area (Å²) >= 11 is 0. The van der Waals surface area contributed by atoms with Crippen LogP contribution in [0.15, 0.2) is 4.99 Å². The molecule has 0 aromatic rings. The van der Waals surface area contributed by atoms with E-state index in [1.54, 1.807) is 6.08 Å². The molecule has 0 aliphatic carbocycles. The van der Waals surface area contributed by atoms with Gasteiger partial charge >= 0.3 is 0 Å². The number of carbonyl (C=O) groups excluding carboxylic acids is 1. The van der Waals surface area contributed by atoms with E-state index in [-0.39, 0.29) is 6.04 Å². The molecule has 0 radical (unpaired) electrons. The van der Waals surface area contributed by atoms with E-state index in [0.29, 0.717) is 0 Å². The molecular weight excluding hydrogens is 138 g/mol. The molecule has 0 N–H and O–H groups in total. The molecule has 2 heteroatoms. The normalized spacial score (nSPS) is 12.2. The Bertz CT molecular complexity index is 128. The van der Waals surface area contributed by atoms with Gasteiger partial charge in [-0.1, -0.05) is 32.6 Å². The van der Waals surface area contributed by atoms with Crippen LogP contribution in [-0.2, 0) is 4.79 Å². The van der Waals surface area contributed by atoms with Gasteiger partial charge in [-0.2, -0.15) is 0 Å². The highest BCUT2D eigenvalue weighted by atomic mass is 16.1. The molecule has 0 aliphatic rings. The minimum Gasteiger partial charge on any atom is -0.211 e. The van der Waals surface area contributed by atoms with Crippen LogP contribution in [0, 0.1) is 0 Å². The van der Waals surface area contributed by atoms with Crippen molar-refractivity contribution in [1.29, 1.82) is 0 Å². The predicted octanol–water partition coefficient (Wildman–Crippen LogP) is 2.68. The fourth-order valence-electron chi connectivity index (χ4n) is 1.02. The predicted molar refractivity (Wildman–Crippen MR) is 46.3 cm³/mol. The Labute approximate surface area is 68.7 Å². The summed E-state index contributed by atoms with van der Waals surface area (Å²) in [4.78, 5) is 13.4. The molecule has 0 spiro atoms. The van der Waals surface area contributed by atoms with Crippen LogP contribution in [0.4, 0.5) is 0 Å². The quantitative estimate of drug-likeness (QED) is 0.329. The third-order valence-corrected chi connectivity index (χ3v) is 1.75. The number of isocyanates is 1. The average molecular weight is 155 g/mol. The maximum atomic E-state index is 9.81. The molecular formula is C9H17NO. The third kappa shape index (κ3) is 7.27. The van der Waals surface area contributed by atoms with Crippen molar-refractivity contribution in [2.75, 3.05) is 0 Å². The van der Waals surface area contributed by atoms with Crippen molar-refractivity contribution in [2.24, 2.45) is 4.99 Å². The van der Waals surface area contributed by atoms with Crippen LogP contribution in [0.3, 0.4) is 0 Å². The molecule has 0 aromatic heterocycles. The monoisotopic (exact) mass is 155 g/mol. The number of aliphatic imine (C=N–C) groups is 1. The van der Waals surface area contributed by atoms with Crippen LogP contribution >= 0.6 is 0 Å². The van der Waals surface area contributed by atoms with Gasteiger partial charge in [-0.3, -0.25) is 0 Å². The lowest BCUT2D eigenvalue weighted by Crippen LogP contribution is -1.96. The molecule has 0 amide bonds. The molecule has 0 saturated carbocycles. The summed E-state index contributed by atoms with van der Waals surface area (Å²) in [5, 5.41) is 0. The summed E-state index contributed by atoms with van der Waals surface area (Å²) in [5.74, 6) is 0. The Morgan fingerprint density at radius 2 is 2.09 bits per heavy atom. The maximum Gasteiger partial charge on any atom is 0.235 e. The zero-order valence-electron chi connectivity index (χ0n) is 7.47. The van der Waals surface area contributed by atoms with Crippen LogP contribution in [0.2, 0.25) is 0 Å². The molecule has 0 saturated heterocycles. The van der Waals surface area contributed by atoms with Gasteiger partial charge in [-0.15, -0.1) is 0 Å². The number of unbranched alkanes of at least 4 members (excludes halogenated alkanes) is 3. The van der Waals surface area contributed by atoms with Gasteiger partial charge < -0.3 is 0 Å². The van der Waals surface area contributed by atoms with Crippen molar-refractivity contribution in [3.05, 3.63) is 0 Å². The smallest absolute Gasteiger partial charge is 0.211 e. The van der Waals surface area contributed by atoms with Gasteiger partial charge in [0.2, 0.25) is 6.08 Å². The van der Waals surface area contributed by atoms with Crippen LogP contribution < -0.4 is 0 Å². The lowest BCUT2D eigenvalue weighted by atomic mass is 10.1. The highest BCUT2D eigenvalue weighted by Crippen LogP contribution is 2.06. The molecule has 1 unspecified atom stereocenters. The molecule has 0 heterocycles. The molecule has 0 fully saturated rings. The first-order valence-electron chi connectivity index (χ1n) is 4.38. The highest BCUT2D eigenvalue weighted by molar-refractivity contribution is 5.33. The first-order chi connectivity index (χ1) is 5.31. The van der Waals surface area contributed by atoms with Gasteiger partial charge in [0.05, 0.1) is 6.04 Å². The molecule has 1 atom stereocenters. The summed E-state index contributed by atoms with van der Waals surface area (Å²) in [7, 11) is 0. The van der Waals surface area contributed by atoms with E-state index in [1.807, 2.05) is 6.92 Å². The zero-order valence-corrected chi connectivity index (χ0v) is 7.47. The van der Waals surface area contributed by atoms with Crippen LogP contribution in [0.1, 0.15) is 46.0 Å². The minimum atomic E-state index is 0.171. The second-order valence-electron chi connectivity index (χ2n) is 2.92. The highest BCUT2D eigenvalue weighted by Gasteiger charge is 1.96. The summed E-state index contributed by atoms with van der Waals surface area (Å²) < 4.78 is 0. The van der Waals surface area contributed by atoms with Gasteiger partial charge in [0.15, 0.2) is 0 Å². The molecule has 0 rings (SSSR count). The largest absolute Gasteiger partial charge is 0.235 e. The fraction of sp³-hybridized carbons (Fsp3) is 0.889. The summed E-state index contributed by atoms with van der Waals surface area (Å²) in [6, 6.07) is 0.171. The van der Waals surface area contributed by atoms with E-state index in [1.165, 1.54) is 25.7 Å². The van der Waals surface area contributed by atoms with Crippen LogP contribution in [0.5, 0.6) is 0 Å². The Morgan fingerprint density at radius 1 is 1.36 bits per heavy atom. The number of rotatable bonds is 6. The van der Waals surface area contributed by atoms with E-state index in [9.17, 15) is 4.79 Å². The first kappa shape index (κ1) is 10.4. The standard InChI is InChI=1S/C9H17NO/c1-3-4-5-6-7-9(2)10-8-11/h9H,3-7H2,1-2H3. The maximum absolute atomic E-state index is 9.81. The Kier molecular flexibility index (Phi) is 7.06. The Hall–Kier alpha value is -0.620. The van der Waals surface area contributed by atoms with Crippen molar-refractivity contribution >= 4 is 6.08 Å². The molecule has 64 valence electrons. The Balaban J connectivity index is 3.17. The summed E-state index contributed by atoms with van der Waals surface area (Å²) in [6.45, 7) is 4.14. The molecule has 0 aromatic carbocycles. The molecule has 0 bridgehead atoms. The molecule has 2 nitrogen and oxygen atoms in total. The lowest BCUT2D eigenvalue weighted by molar-refractivity contribution is 0.544. The topological polar surface area (TPSA) is 29.4 Å². The summed E-state index contributed by atoms with van der Waals surface area (Å²) in [5.41, 5.74) is 0. The molecule has 11 heavy (non-hydrogen) atoms. The van der Waals surface area contributed by atoms with E-state index < -0.39 is 0 Å². The lowest BCUT2D eigenvalue weighted by Gasteiger charge is -2.01. The van der Waals surface area contributed by atoms with E-state index in [2.05, 4.69) is 11.9 Å². The van der Waals surface area contributed by atoms with Crippen molar-refractivity contribution in [3.63, 3.8) is 0 Å². The van der Waals surface area contributed by atoms with Crippen molar-refractivity contribution < 1.29 is 4.79 Å². The van der Waals surface area contributed by atoms with Gasteiger partial charge in [0.1, 0.15) is 0 Å². The third-order valence-electron chi connectivity index (χ3n) is 1.75. The number of nitrogens with zero attached hydrogens (tertiary/aromatic N) is 1. The van der Waals surface area contributed by atoms with E-state index in [0.717, 1.165) is 6.42 Å². The second kappa shape index (κ2) is 7.49. The molecule has 0 aliphatic heterocycles. The van der Waals surface area contributed by atoms with Gasteiger partial charge in [-0.05, 0) is 13.3 Å². The minimum absolute atomic E-state index is 0.171. The number of hydrogen-bond donors (Lipinski definition) is 0. The van der Waals surface area contributed by atoms with E-state index >= 15 is 0 Å². The van der Waals surface area contributed by atoms with Gasteiger partial charge in [-0.25, -0.2) is 9.79 Å².